The number of nitrogens with zero attached hydrogens (tertiary/aromatic N) is 3. The molecule has 2 aromatic carbocycles. The van der Waals surface area contributed by atoms with Gasteiger partial charge in [-0.25, -0.2) is 9.97 Å². The van der Waals surface area contributed by atoms with Crippen LogP contribution in [0.4, 0.5) is 11.5 Å². The molecule has 0 atom stereocenters. The van der Waals surface area contributed by atoms with Crippen LogP contribution < -0.4 is 10.1 Å². The molecule has 0 aliphatic heterocycles. The lowest BCUT2D eigenvalue weighted by Gasteiger charge is -2.09. The standard InChI is InChI=1S/C20H18N4O2/c21-14-19-20(23-10-9-22-19)24-17-6-4-5-16(13-17)15-25-11-12-26-18-7-2-1-3-8-18/h1-10,13H,11-12,15H2,(H,23,24). The number of hydrogen-bond acceptors (Lipinski definition) is 6. The summed E-state index contributed by atoms with van der Waals surface area (Å²) in [5.74, 6) is 1.27. The third kappa shape index (κ3) is 5.03. The number of aromatic nitrogens is 2. The molecule has 0 fully saturated rings. The third-order valence-electron chi connectivity index (χ3n) is 3.50. The summed E-state index contributed by atoms with van der Waals surface area (Å²) in [7, 11) is 0. The van der Waals surface area contributed by atoms with Crippen molar-refractivity contribution >= 4 is 11.5 Å². The Kier molecular flexibility index (Phi) is 6.13. The van der Waals surface area contributed by atoms with Crippen molar-refractivity contribution in [3.8, 4) is 11.8 Å². The highest BCUT2D eigenvalue weighted by Crippen LogP contribution is 2.18. The van der Waals surface area contributed by atoms with Gasteiger partial charge >= 0.3 is 0 Å². The maximum absolute atomic E-state index is 9.08. The zero-order chi connectivity index (χ0) is 18.0. The Morgan fingerprint density at radius 2 is 1.81 bits per heavy atom. The van der Waals surface area contributed by atoms with Gasteiger partial charge < -0.3 is 14.8 Å². The molecule has 0 radical (unpaired) electrons. The van der Waals surface area contributed by atoms with Crippen molar-refractivity contribution in [3.63, 3.8) is 0 Å². The quantitative estimate of drug-likeness (QED) is 0.627. The van der Waals surface area contributed by atoms with Gasteiger partial charge in [0.25, 0.3) is 0 Å². The molecule has 0 spiro atoms. The Morgan fingerprint density at radius 1 is 0.962 bits per heavy atom. The molecule has 0 amide bonds. The first kappa shape index (κ1) is 17.4. The lowest BCUT2D eigenvalue weighted by Crippen LogP contribution is -2.06. The summed E-state index contributed by atoms with van der Waals surface area (Å²) >= 11 is 0. The van der Waals surface area contributed by atoms with Crippen LogP contribution in [-0.2, 0) is 11.3 Å². The van der Waals surface area contributed by atoms with Crippen LogP contribution in [0.2, 0.25) is 0 Å². The van der Waals surface area contributed by atoms with Crippen molar-refractivity contribution in [2.24, 2.45) is 0 Å². The topological polar surface area (TPSA) is 80.1 Å². The van der Waals surface area contributed by atoms with Gasteiger partial charge in [-0.2, -0.15) is 5.26 Å². The van der Waals surface area contributed by atoms with Crippen molar-refractivity contribution in [3.05, 3.63) is 78.2 Å². The predicted octanol–water partition coefficient (Wildman–Crippen LogP) is 3.69. The first-order valence-corrected chi connectivity index (χ1v) is 8.18. The first-order valence-electron chi connectivity index (χ1n) is 8.18. The first-order chi connectivity index (χ1) is 12.8. The molecule has 3 rings (SSSR count). The predicted molar refractivity (Wildman–Crippen MR) is 98.1 cm³/mol. The number of benzene rings is 2. The Morgan fingerprint density at radius 3 is 2.65 bits per heavy atom. The fraction of sp³-hybridized carbons (Fsp3) is 0.150. The molecule has 0 aliphatic carbocycles. The zero-order valence-electron chi connectivity index (χ0n) is 14.1. The van der Waals surface area contributed by atoms with Crippen molar-refractivity contribution in [2.75, 3.05) is 18.5 Å². The average Bonchev–Trinajstić information content (AvgIpc) is 2.69. The molecular formula is C20H18N4O2. The lowest BCUT2D eigenvalue weighted by atomic mass is 10.2. The minimum Gasteiger partial charge on any atom is -0.491 e. The summed E-state index contributed by atoms with van der Waals surface area (Å²) in [6, 6.07) is 19.4. The van der Waals surface area contributed by atoms with Gasteiger partial charge in [0.2, 0.25) is 0 Å². The minimum atomic E-state index is 0.257. The van der Waals surface area contributed by atoms with E-state index in [0.717, 1.165) is 17.0 Å². The van der Waals surface area contributed by atoms with Crippen LogP contribution in [-0.4, -0.2) is 23.2 Å². The smallest absolute Gasteiger partial charge is 0.183 e. The van der Waals surface area contributed by atoms with Crippen molar-refractivity contribution in [2.45, 2.75) is 6.61 Å². The van der Waals surface area contributed by atoms with Crippen molar-refractivity contribution in [1.29, 1.82) is 5.26 Å². The largest absolute Gasteiger partial charge is 0.491 e. The summed E-state index contributed by atoms with van der Waals surface area (Å²) in [5.41, 5.74) is 2.09. The second-order valence-corrected chi connectivity index (χ2v) is 5.40. The van der Waals surface area contributed by atoms with Crippen LogP contribution in [0.15, 0.2) is 67.0 Å². The number of hydrogen-bond donors (Lipinski definition) is 1. The maximum Gasteiger partial charge on any atom is 0.183 e. The van der Waals surface area contributed by atoms with Crippen LogP contribution in [0.3, 0.4) is 0 Å². The number of nitrogens with one attached hydrogen (secondary N) is 1. The summed E-state index contributed by atoms with van der Waals surface area (Å²) in [6.07, 6.45) is 3.04. The van der Waals surface area contributed by atoms with Crippen molar-refractivity contribution < 1.29 is 9.47 Å². The normalized spacial score (nSPS) is 10.1. The van der Waals surface area contributed by atoms with Gasteiger partial charge in [0.1, 0.15) is 18.4 Å². The summed E-state index contributed by atoms with van der Waals surface area (Å²) < 4.78 is 11.2. The fourth-order valence-electron chi connectivity index (χ4n) is 2.31. The molecule has 0 bridgehead atoms. The molecule has 1 aromatic heterocycles. The Labute approximate surface area is 152 Å². The molecular weight excluding hydrogens is 328 g/mol. The van der Waals surface area contributed by atoms with E-state index in [4.69, 9.17) is 14.7 Å². The van der Waals surface area contributed by atoms with Crippen LogP contribution in [0.1, 0.15) is 11.3 Å². The number of nitriles is 1. The Bertz CT molecular complexity index is 878. The summed E-state index contributed by atoms with van der Waals surface area (Å²) in [6.45, 7) is 1.46. The van der Waals surface area contributed by atoms with Gasteiger partial charge in [0.15, 0.2) is 11.5 Å². The van der Waals surface area contributed by atoms with Gasteiger partial charge in [0.05, 0.1) is 13.2 Å². The molecule has 1 heterocycles. The van der Waals surface area contributed by atoms with E-state index in [1.54, 1.807) is 6.20 Å². The second kappa shape index (κ2) is 9.16. The van der Waals surface area contributed by atoms with E-state index in [2.05, 4.69) is 15.3 Å². The van der Waals surface area contributed by atoms with E-state index >= 15 is 0 Å². The van der Waals surface area contributed by atoms with Gasteiger partial charge in [-0.15, -0.1) is 0 Å². The Hall–Kier alpha value is -3.43. The van der Waals surface area contributed by atoms with Gasteiger partial charge in [-0.1, -0.05) is 30.3 Å². The van der Waals surface area contributed by atoms with Crippen LogP contribution in [0.5, 0.6) is 5.75 Å². The zero-order valence-corrected chi connectivity index (χ0v) is 14.1. The molecule has 0 saturated heterocycles. The minimum absolute atomic E-state index is 0.257. The molecule has 0 unspecified atom stereocenters. The molecule has 6 nitrogen and oxygen atoms in total. The van der Waals surface area contributed by atoms with E-state index in [0.29, 0.717) is 25.6 Å². The number of para-hydroxylation sites is 1. The molecule has 1 N–H and O–H groups in total. The maximum atomic E-state index is 9.08. The SMILES string of the molecule is N#Cc1nccnc1Nc1cccc(COCCOc2ccccc2)c1. The second-order valence-electron chi connectivity index (χ2n) is 5.40. The van der Waals surface area contributed by atoms with Gasteiger partial charge in [-0.05, 0) is 29.8 Å². The molecule has 130 valence electrons. The van der Waals surface area contributed by atoms with Crippen LogP contribution in [0.25, 0.3) is 0 Å². The van der Waals surface area contributed by atoms with Gasteiger partial charge in [-0.3, -0.25) is 0 Å². The average molecular weight is 346 g/mol. The number of rotatable bonds is 8. The van der Waals surface area contributed by atoms with Crippen molar-refractivity contribution in [1.82, 2.24) is 9.97 Å². The van der Waals surface area contributed by atoms with Gasteiger partial charge in [0, 0.05) is 18.1 Å². The molecule has 6 heteroatoms. The van der Waals surface area contributed by atoms with E-state index in [1.165, 1.54) is 6.20 Å². The molecule has 3 aromatic rings. The molecule has 0 saturated carbocycles. The van der Waals surface area contributed by atoms with E-state index in [9.17, 15) is 0 Å². The summed E-state index contributed by atoms with van der Waals surface area (Å²) in [4.78, 5) is 8.13. The molecule has 0 aliphatic rings. The third-order valence-corrected chi connectivity index (χ3v) is 3.50. The number of anilines is 2. The van der Waals surface area contributed by atoms with Crippen LogP contribution >= 0.6 is 0 Å². The molecule has 26 heavy (non-hydrogen) atoms. The fourth-order valence-corrected chi connectivity index (χ4v) is 2.31. The number of ether oxygens (including phenoxy) is 2. The van der Waals surface area contributed by atoms with Crippen LogP contribution in [0, 0.1) is 11.3 Å². The monoisotopic (exact) mass is 346 g/mol. The summed E-state index contributed by atoms with van der Waals surface area (Å²) in [5, 5.41) is 12.2. The lowest BCUT2D eigenvalue weighted by molar-refractivity contribution is 0.0889. The van der Waals surface area contributed by atoms with E-state index in [1.807, 2.05) is 60.7 Å². The highest BCUT2D eigenvalue weighted by Gasteiger charge is 2.05. The highest BCUT2D eigenvalue weighted by molar-refractivity contribution is 5.60. The highest BCUT2D eigenvalue weighted by atomic mass is 16.5. The van der Waals surface area contributed by atoms with E-state index in [-0.39, 0.29) is 5.69 Å². The Balaban J connectivity index is 1.49. The van der Waals surface area contributed by atoms with E-state index < -0.39 is 0 Å².